The number of hydrogen-bond donors (Lipinski definition) is 3. The number of nitrogens with two attached hydrogens (primary N) is 1. The summed E-state index contributed by atoms with van der Waals surface area (Å²) in [6, 6.07) is 12.3. The Hall–Kier alpha value is -2.62. The molecule has 3 rings (SSSR count). The number of benzene rings is 2. The molecule has 1 aromatic heterocycles. The minimum absolute atomic E-state index is 0.0974. The monoisotopic (exact) mass is 452 g/mol. The number of amides is 1. The number of halogens is 2. The summed E-state index contributed by atoms with van der Waals surface area (Å²) in [6.45, 7) is 0.378. The van der Waals surface area contributed by atoms with Crippen LogP contribution in [-0.4, -0.2) is 33.6 Å². The summed E-state index contributed by atoms with van der Waals surface area (Å²) in [7, 11) is 1.61. The lowest BCUT2D eigenvalue weighted by Crippen LogP contribution is -2.18. The highest BCUT2D eigenvalue weighted by Crippen LogP contribution is 2.26. The second-order valence-corrected chi connectivity index (χ2v) is 7.60. The maximum absolute atomic E-state index is 12.2. The molecule has 0 aliphatic heterocycles. The molecule has 0 aliphatic carbocycles. The number of aromatic nitrogens is 3. The van der Waals surface area contributed by atoms with E-state index in [0.29, 0.717) is 33.3 Å². The highest BCUT2D eigenvalue weighted by atomic mass is 35.5. The first kappa shape index (κ1) is 21.1. The molecule has 11 heteroatoms. The number of hydrogen-bond acceptors (Lipinski definition) is 7. The van der Waals surface area contributed by atoms with Gasteiger partial charge in [-0.25, -0.2) is 4.68 Å². The Morgan fingerprint density at radius 1 is 1.21 bits per heavy atom. The van der Waals surface area contributed by atoms with E-state index >= 15 is 0 Å². The van der Waals surface area contributed by atoms with E-state index in [0.717, 1.165) is 11.4 Å². The van der Waals surface area contributed by atoms with Gasteiger partial charge < -0.3 is 21.2 Å². The van der Waals surface area contributed by atoms with E-state index in [9.17, 15) is 4.79 Å². The van der Waals surface area contributed by atoms with Crippen LogP contribution < -0.4 is 21.2 Å². The molecule has 0 saturated carbocycles. The van der Waals surface area contributed by atoms with Gasteiger partial charge in [0.05, 0.1) is 30.1 Å². The zero-order valence-corrected chi connectivity index (χ0v) is 17.7. The Morgan fingerprint density at radius 2 is 1.97 bits per heavy atom. The molecule has 0 atom stereocenters. The second kappa shape index (κ2) is 9.73. The van der Waals surface area contributed by atoms with Crippen molar-refractivity contribution in [3.8, 4) is 5.75 Å². The smallest absolute Gasteiger partial charge is 0.234 e. The number of carbonyl (C=O) groups excluding carboxylic acids is 1. The molecular weight excluding hydrogens is 435 g/mol. The molecule has 0 spiro atoms. The maximum Gasteiger partial charge on any atom is 0.234 e. The number of nitrogen functional groups attached to an aromatic ring is 1. The number of methoxy groups -OCH3 is 1. The van der Waals surface area contributed by atoms with Gasteiger partial charge in [0, 0.05) is 10.7 Å². The Balaban J connectivity index is 1.52. The fourth-order valence-corrected chi connectivity index (χ4v) is 3.45. The van der Waals surface area contributed by atoms with Gasteiger partial charge >= 0.3 is 0 Å². The van der Waals surface area contributed by atoms with E-state index < -0.39 is 0 Å². The highest BCUT2D eigenvalue weighted by Gasteiger charge is 2.13. The molecule has 29 heavy (non-hydrogen) atoms. The standard InChI is InChI=1S/C18H18Cl2N6O2S/c1-28-13-5-3-12(4-6-13)22-9-16-24-25-18(26(16)21)29-10-17(27)23-15-7-2-11(19)8-14(15)20/h2-8,22H,9-10,21H2,1H3,(H,23,27). The van der Waals surface area contributed by atoms with Gasteiger partial charge in [-0.2, -0.15) is 0 Å². The number of carbonyl (C=O) groups is 1. The number of nitrogens with one attached hydrogen (secondary N) is 2. The molecule has 0 saturated heterocycles. The minimum atomic E-state index is -0.250. The fourth-order valence-electron chi connectivity index (χ4n) is 2.32. The third-order valence-corrected chi connectivity index (χ3v) is 5.30. The van der Waals surface area contributed by atoms with Gasteiger partial charge in [-0.3, -0.25) is 4.79 Å². The van der Waals surface area contributed by atoms with Crippen LogP contribution in [0.2, 0.25) is 10.0 Å². The fraction of sp³-hybridized carbons (Fsp3) is 0.167. The molecule has 152 valence electrons. The number of thioether (sulfide) groups is 1. The number of ether oxygens (including phenoxy) is 1. The van der Waals surface area contributed by atoms with Gasteiger partial charge in [0.2, 0.25) is 11.1 Å². The van der Waals surface area contributed by atoms with Crippen molar-refractivity contribution < 1.29 is 9.53 Å². The molecule has 1 heterocycles. The Kier molecular flexibility index (Phi) is 7.08. The first-order valence-corrected chi connectivity index (χ1v) is 10.2. The van der Waals surface area contributed by atoms with Gasteiger partial charge in [0.25, 0.3) is 0 Å². The molecule has 2 aromatic carbocycles. The summed E-state index contributed by atoms with van der Waals surface area (Å²) in [5.41, 5.74) is 1.38. The van der Waals surface area contributed by atoms with Gasteiger partial charge in [-0.15, -0.1) is 10.2 Å². The molecule has 8 nitrogen and oxygen atoms in total. The van der Waals surface area contributed by atoms with Crippen molar-refractivity contribution in [1.29, 1.82) is 0 Å². The zero-order chi connectivity index (χ0) is 20.8. The van der Waals surface area contributed by atoms with Crippen molar-refractivity contribution in [3.63, 3.8) is 0 Å². The van der Waals surface area contributed by atoms with Gasteiger partial charge in [-0.05, 0) is 42.5 Å². The largest absolute Gasteiger partial charge is 0.497 e. The van der Waals surface area contributed by atoms with Gasteiger partial charge in [0.15, 0.2) is 5.82 Å². The molecule has 4 N–H and O–H groups in total. The highest BCUT2D eigenvalue weighted by molar-refractivity contribution is 7.99. The minimum Gasteiger partial charge on any atom is -0.497 e. The summed E-state index contributed by atoms with van der Waals surface area (Å²) >= 11 is 13.1. The van der Waals surface area contributed by atoms with Crippen molar-refractivity contribution in [1.82, 2.24) is 14.9 Å². The molecule has 0 radical (unpaired) electrons. The predicted octanol–water partition coefficient (Wildman–Crippen LogP) is 3.65. The van der Waals surface area contributed by atoms with Crippen LogP contribution in [0.1, 0.15) is 5.82 Å². The second-order valence-electron chi connectivity index (χ2n) is 5.81. The van der Waals surface area contributed by atoms with Crippen molar-refractivity contribution in [2.24, 2.45) is 0 Å². The lowest BCUT2D eigenvalue weighted by molar-refractivity contribution is -0.113. The zero-order valence-electron chi connectivity index (χ0n) is 15.4. The summed E-state index contributed by atoms with van der Waals surface area (Å²) < 4.78 is 6.48. The molecule has 0 fully saturated rings. The number of nitrogens with zero attached hydrogens (tertiary/aromatic N) is 3. The molecule has 1 amide bonds. The Labute approximate surface area is 181 Å². The van der Waals surface area contributed by atoms with Crippen LogP contribution in [0.15, 0.2) is 47.6 Å². The van der Waals surface area contributed by atoms with Crippen LogP contribution in [0.25, 0.3) is 0 Å². The molecule has 0 unspecified atom stereocenters. The van der Waals surface area contributed by atoms with Crippen LogP contribution in [0.3, 0.4) is 0 Å². The normalized spacial score (nSPS) is 10.6. The Bertz CT molecular complexity index is 997. The summed E-state index contributed by atoms with van der Waals surface area (Å²) in [4.78, 5) is 12.2. The molecule has 3 aromatic rings. The van der Waals surface area contributed by atoms with Gasteiger partial charge in [0.1, 0.15) is 5.75 Å². The van der Waals surface area contributed by atoms with Crippen molar-refractivity contribution >= 4 is 52.2 Å². The topological polar surface area (TPSA) is 107 Å². The third kappa shape index (κ3) is 5.69. The maximum atomic E-state index is 12.2. The summed E-state index contributed by atoms with van der Waals surface area (Å²) in [6.07, 6.45) is 0. The van der Waals surface area contributed by atoms with Crippen molar-refractivity contribution in [3.05, 3.63) is 58.3 Å². The van der Waals surface area contributed by atoms with Crippen LogP contribution in [0.4, 0.5) is 11.4 Å². The predicted molar refractivity (Wildman–Crippen MR) is 116 cm³/mol. The summed E-state index contributed by atoms with van der Waals surface area (Å²) in [5.74, 6) is 7.19. The lowest BCUT2D eigenvalue weighted by atomic mass is 10.3. The Morgan fingerprint density at radius 3 is 2.66 bits per heavy atom. The average Bonchev–Trinajstić information content (AvgIpc) is 3.07. The van der Waals surface area contributed by atoms with Crippen LogP contribution in [0.5, 0.6) is 5.75 Å². The van der Waals surface area contributed by atoms with Crippen LogP contribution in [0, 0.1) is 0 Å². The lowest BCUT2D eigenvalue weighted by Gasteiger charge is -2.08. The first-order chi connectivity index (χ1) is 14.0. The van der Waals surface area contributed by atoms with E-state index in [-0.39, 0.29) is 11.7 Å². The van der Waals surface area contributed by atoms with Crippen LogP contribution >= 0.6 is 35.0 Å². The average molecular weight is 453 g/mol. The number of anilines is 2. The quantitative estimate of drug-likeness (QED) is 0.353. The molecule has 0 bridgehead atoms. The van der Waals surface area contributed by atoms with Gasteiger partial charge in [-0.1, -0.05) is 35.0 Å². The number of rotatable bonds is 8. The molecular formula is C18H18Cl2N6O2S. The van der Waals surface area contributed by atoms with Crippen molar-refractivity contribution in [2.45, 2.75) is 11.7 Å². The first-order valence-electron chi connectivity index (χ1n) is 8.41. The molecule has 0 aliphatic rings. The SMILES string of the molecule is COc1ccc(NCc2nnc(SCC(=O)Nc3ccc(Cl)cc3Cl)n2N)cc1. The third-order valence-electron chi connectivity index (χ3n) is 3.81. The van der Waals surface area contributed by atoms with E-state index in [1.165, 1.54) is 16.4 Å². The summed E-state index contributed by atoms with van der Waals surface area (Å²) in [5, 5.41) is 15.3. The van der Waals surface area contributed by atoms with E-state index in [1.807, 2.05) is 24.3 Å². The van der Waals surface area contributed by atoms with E-state index in [2.05, 4.69) is 20.8 Å². The van der Waals surface area contributed by atoms with Crippen molar-refractivity contribution in [2.75, 3.05) is 29.3 Å². The van der Waals surface area contributed by atoms with Crippen LogP contribution in [-0.2, 0) is 11.3 Å². The van der Waals surface area contributed by atoms with E-state index in [4.69, 9.17) is 33.8 Å². The van der Waals surface area contributed by atoms with E-state index in [1.54, 1.807) is 25.3 Å².